The van der Waals surface area contributed by atoms with Crippen LogP contribution in [-0.2, 0) is 17.5 Å². The van der Waals surface area contributed by atoms with Gasteiger partial charge in [0, 0.05) is 44.2 Å². The number of carbonyl (C=O) groups is 2. The zero-order chi connectivity index (χ0) is 27.6. The molecule has 3 heterocycles. The molecule has 0 spiro atoms. The first kappa shape index (κ1) is 27.3. The fourth-order valence-corrected chi connectivity index (χ4v) is 5.33. The lowest BCUT2D eigenvalue weighted by Crippen LogP contribution is -2.44. The zero-order valence-electron chi connectivity index (χ0n) is 21.0. The highest BCUT2D eigenvalue weighted by atomic mass is 32.1. The van der Waals surface area contributed by atoms with E-state index in [4.69, 9.17) is 0 Å². The lowest BCUT2D eigenvalue weighted by molar-refractivity contribution is -0.138. The van der Waals surface area contributed by atoms with E-state index in [-0.39, 0.29) is 34.6 Å². The Kier molecular flexibility index (Phi) is 7.99. The number of rotatable bonds is 6. The van der Waals surface area contributed by atoms with Gasteiger partial charge >= 0.3 is 6.18 Å². The molecule has 1 saturated carbocycles. The van der Waals surface area contributed by atoms with E-state index in [0.29, 0.717) is 28.0 Å². The number of nitrogens with one attached hydrogen (secondary N) is 2. The maximum absolute atomic E-state index is 13.9. The van der Waals surface area contributed by atoms with Crippen LogP contribution >= 0.6 is 22.7 Å². The minimum absolute atomic E-state index is 0.0290. The molecule has 2 amide bonds. The number of anilines is 2. The average molecular weight is 575 g/mol. The van der Waals surface area contributed by atoms with Crippen molar-refractivity contribution in [1.82, 2.24) is 19.8 Å². The van der Waals surface area contributed by atoms with Crippen LogP contribution in [0.1, 0.15) is 44.1 Å². The molecule has 1 aliphatic heterocycles. The van der Waals surface area contributed by atoms with E-state index in [1.165, 1.54) is 29.7 Å². The van der Waals surface area contributed by atoms with Crippen molar-refractivity contribution in [3.8, 4) is 11.8 Å². The molecule has 1 aliphatic carbocycles. The molecule has 0 unspecified atom stereocenters. The topological polar surface area (TPSA) is 90.5 Å². The van der Waals surface area contributed by atoms with Crippen molar-refractivity contribution in [2.45, 2.75) is 25.6 Å². The zero-order valence-corrected chi connectivity index (χ0v) is 22.6. The van der Waals surface area contributed by atoms with Crippen molar-refractivity contribution in [1.29, 1.82) is 0 Å². The summed E-state index contributed by atoms with van der Waals surface area (Å²) in [4.78, 5) is 38.2. The van der Waals surface area contributed by atoms with Gasteiger partial charge in [0.15, 0.2) is 10.3 Å². The van der Waals surface area contributed by atoms with E-state index in [0.717, 1.165) is 43.3 Å². The first-order valence-corrected chi connectivity index (χ1v) is 13.9. The number of hydrogen-bond acceptors (Lipinski definition) is 8. The molecule has 1 saturated heterocycles. The van der Waals surface area contributed by atoms with Crippen molar-refractivity contribution in [3.05, 3.63) is 57.0 Å². The molecule has 5 rings (SSSR count). The Bertz CT molecular complexity index is 1430. The molecular weight excluding hydrogens is 549 g/mol. The highest BCUT2D eigenvalue weighted by molar-refractivity contribution is 7.16. The molecule has 0 bridgehead atoms. The fourth-order valence-electron chi connectivity index (χ4n) is 3.99. The van der Waals surface area contributed by atoms with Crippen molar-refractivity contribution < 1.29 is 22.8 Å². The van der Waals surface area contributed by atoms with Gasteiger partial charge < -0.3 is 10.2 Å². The van der Waals surface area contributed by atoms with Crippen molar-refractivity contribution in [2.24, 2.45) is 5.92 Å². The Morgan fingerprint density at radius 1 is 1.00 bits per heavy atom. The number of benzene rings is 1. The van der Waals surface area contributed by atoms with Crippen molar-refractivity contribution in [2.75, 3.05) is 43.9 Å². The lowest BCUT2D eigenvalue weighted by Gasteiger charge is -2.33. The number of piperazine rings is 1. The van der Waals surface area contributed by atoms with E-state index in [9.17, 15) is 22.8 Å². The largest absolute Gasteiger partial charge is 0.416 e. The van der Waals surface area contributed by atoms with Crippen LogP contribution in [0.5, 0.6) is 0 Å². The van der Waals surface area contributed by atoms with E-state index < -0.39 is 17.6 Å². The van der Waals surface area contributed by atoms with Gasteiger partial charge in [0.05, 0.1) is 27.7 Å². The van der Waals surface area contributed by atoms with Crippen LogP contribution < -0.4 is 10.6 Å². The molecule has 1 aromatic carbocycles. The molecule has 0 radical (unpaired) electrons. The quantitative estimate of drug-likeness (QED) is 0.425. The van der Waals surface area contributed by atoms with Gasteiger partial charge in [-0.3, -0.25) is 19.8 Å². The van der Waals surface area contributed by atoms with Crippen LogP contribution in [0.3, 0.4) is 0 Å². The summed E-state index contributed by atoms with van der Waals surface area (Å²) in [7, 11) is 1.99. The second-order valence-corrected chi connectivity index (χ2v) is 11.5. The van der Waals surface area contributed by atoms with Gasteiger partial charge in [-0.1, -0.05) is 28.7 Å². The first-order chi connectivity index (χ1) is 18.6. The van der Waals surface area contributed by atoms with E-state index in [1.807, 2.05) is 11.9 Å². The second-order valence-electron chi connectivity index (χ2n) is 9.48. The molecule has 2 aliphatic rings. The molecule has 39 heavy (non-hydrogen) atoms. The number of carbonyl (C=O) groups excluding carboxylic acids is 2. The molecule has 2 N–H and O–H groups in total. The smallest absolute Gasteiger partial charge is 0.304 e. The van der Waals surface area contributed by atoms with E-state index >= 15 is 0 Å². The third kappa shape index (κ3) is 7.21. The molecule has 2 fully saturated rings. The summed E-state index contributed by atoms with van der Waals surface area (Å²) >= 11 is 2.36. The van der Waals surface area contributed by atoms with E-state index in [1.54, 1.807) is 6.20 Å². The minimum atomic E-state index is -4.58. The summed E-state index contributed by atoms with van der Waals surface area (Å²) in [6, 6.07) is 3.69. The number of aromatic nitrogens is 2. The normalized spacial score (nSPS) is 16.4. The Labute approximate surface area is 231 Å². The summed E-state index contributed by atoms with van der Waals surface area (Å²) in [5.41, 5.74) is -0.761. The predicted octanol–water partition coefficient (Wildman–Crippen LogP) is 4.37. The molecule has 204 valence electrons. The van der Waals surface area contributed by atoms with Gasteiger partial charge in [0.25, 0.3) is 5.91 Å². The molecule has 2 aromatic heterocycles. The number of amides is 2. The Hall–Kier alpha value is -3.31. The Morgan fingerprint density at radius 3 is 2.21 bits per heavy atom. The first-order valence-electron chi connectivity index (χ1n) is 12.3. The standard InChI is InChI=1S/C26H25F3N6O2S2/c1-34-8-10-35(11-9-34)15-18-5-4-17(12-21(18)26(27,28)29)23(37)33-25-31-14-20(39-25)7-6-19-13-30-24(38-19)32-22(36)16-2-3-16/h4-5,12-14,16H,2-3,8-11,15H2,1H3,(H,30,32,36)(H,31,33,37). The van der Waals surface area contributed by atoms with E-state index in [2.05, 4.69) is 37.3 Å². The van der Waals surface area contributed by atoms with Crippen molar-refractivity contribution >= 4 is 44.8 Å². The number of halogens is 3. The third-order valence-corrected chi connectivity index (χ3v) is 8.04. The summed E-state index contributed by atoms with van der Waals surface area (Å²) in [6.45, 7) is 3.14. The van der Waals surface area contributed by atoms with Gasteiger partial charge in [0.2, 0.25) is 5.91 Å². The summed E-state index contributed by atoms with van der Waals surface area (Å²) in [5.74, 6) is 5.24. The van der Waals surface area contributed by atoms with Crippen LogP contribution in [0.25, 0.3) is 0 Å². The molecule has 13 heteroatoms. The number of hydrogen-bond donors (Lipinski definition) is 2. The van der Waals surface area contributed by atoms with Gasteiger partial charge in [-0.15, -0.1) is 0 Å². The van der Waals surface area contributed by atoms with Gasteiger partial charge in [-0.2, -0.15) is 13.2 Å². The molecular formula is C26H25F3N6O2S2. The Morgan fingerprint density at radius 2 is 1.62 bits per heavy atom. The van der Waals surface area contributed by atoms with Crippen LogP contribution in [0.4, 0.5) is 23.4 Å². The number of nitrogens with zero attached hydrogens (tertiary/aromatic N) is 4. The van der Waals surface area contributed by atoms with Crippen LogP contribution in [0, 0.1) is 17.8 Å². The SMILES string of the molecule is CN1CCN(Cc2ccc(C(=O)Nc3ncc(C#Cc4cnc(NC(=O)C5CC5)s4)s3)cc2C(F)(F)F)CC1. The highest BCUT2D eigenvalue weighted by Crippen LogP contribution is 2.34. The molecule has 3 aromatic rings. The predicted molar refractivity (Wildman–Crippen MR) is 144 cm³/mol. The number of likely N-dealkylation sites (N-methyl/N-ethyl adjacent to an activating group) is 1. The van der Waals surface area contributed by atoms with Gasteiger partial charge in [-0.25, -0.2) is 9.97 Å². The minimum Gasteiger partial charge on any atom is -0.304 e. The van der Waals surface area contributed by atoms with Gasteiger partial charge in [-0.05, 0) is 49.4 Å². The summed E-state index contributed by atoms with van der Waals surface area (Å²) in [5, 5.41) is 6.05. The second kappa shape index (κ2) is 11.4. The summed E-state index contributed by atoms with van der Waals surface area (Å²) in [6.07, 6.45) is 0.263. The number of thiazole rings is 2. The van der Waals surface area contributed by atoms with Crippen molar-refractivity contribution in [3.63, 3.8) is 0 Å². The monoisotopic (exact) mass is 574 g/mol. The number of alkyl halides is 3. The highest BCUT2D eigenvalue weighted by Gasteiger charge is 2.35. The van der Waals surface area contributed by atoms with Crippen LogP contribution in [0.2, 0.25) is 0 Å². The lowest BCUT2D eigenvalue weighted by atomic mass is 10.0. The third-order valence-electron chi connectivity index (χ3n) is 6.39. The molecule has 8 nitrogen and oxygen atoms in total. The Balaban J connectivity index is 1.22. The summed E-state index contributed by atoms with van der Waals surface area (Å²) < 4.78 is 41.6. The van der Waals surface area contributed by atoms with Crippen LogP contribution in [0.15, 0.2) is 30.6 Å². The van der Waals surface area contributed by atoms with Crippen LogP contribution in [-0.4, -0.2) is 64.8 Å². The molecule has 0 atom stereocenters. The van der Waals surface area contributed by atoms with Gasteiger partial charge in [0.1, 0.15) is 0 Å². The average Bonchev–Trinajstić information content (AvgIpc) is 3.51. The maximum atomic E-state index is 13.9. The maximum Gasteiger partial charge on any atom is 0.416 e. The fraction of sp³-hybridized carbons (Fsp3) is 0.385.